The Morgan fingerprint density at radius 1 is 0.655 bits per heavy atom. The second kappa shape index (κ2) is 12.1. The van der Waals surface area contributed by atoms with E-state index in [1.165, 1.54) is 67.4 Å². The lowest BCUT2D eigenvalue weighted by Crippen LogP contribution is -2.67. The van der Waals surface area contributed by atoms with E-state index in [1.807, 2.05) is 18.2 Å². The Morgan fingerprint density at radius 3 is 1.73 bits per heavy atom. The van der Waals surface area contributed by atoms with Crippen molar-refractivity contribution < 1.29 is 24.6 Å². The molecule has 292 valence electrons. The number of aromatic hydroxyl groups is 2. The fraction of sp³-hybridized carbons (Fsp3) is 0.659. The van der Waals surface area contributed by atoms with Crippen molar-refractivity contribution in [3.63, 3.8) is 0 Å². The topological polar surface area (TPSA) is 146 Å². The monoisotopic (exact) mass is 748 g/mol. The van der Waals surface area contributed by atoms with Crippen molar-refractivity contribution >= 4 is 18.0 Å². The number of piperidine rings is 2. The number of imide groups is 1. The molecule has 4 heterocycles. The molecule has 4 bridgehead atoms. The Hall–Kier alpha value is -3.83. The molecule has 10 aliphatic rings. The molecule has 8 fully saturated rings. The highest BCUT2D eigenvalue weighted by Gasteiger charge is 2.63. The van der Waals surface area contributed by atoms with Gasteiger partial charge in [0.2, 0.25) is 0 Å². The number of phenols is 2. The molecule has 8 atom stereocenters. The van der Waals surface area contributed by atoms with Crippen molar-refractivity contribution in [2.45, 2.75) is 124 Å². The number of benzene rings is 2. The summed E-state index contributed by atoms with van der Waals surface area (Å²) in [5.74, 6) is 3.41. The molecule has 0 radical (unpaired) electrons. The van der Waals surface area contributed by atoms with Gasteiger partial charge in [-0.25, -0.2) is 9.59 Å². The largest absolute Gasteiger partial charge is 0.508 e. The Morgan fingerprint density at radius 2 is 1.22 bits per heavy atom. The summed E-state index contributed by atoms with van der Waals surface area (Å²) in [7, 11) is 0. The number of phenolic OH excluding ortho intramolecular Hbond substituents is 2. The zero-order valence-corrected chi connectivity index (χ0v) is 31.9. The third-order valence-electron chi connectivity index (χ3n) is 16.5. The number of fused-ring (bicyclic) bond motifs is 2. The average molecular weight is 749 g/mol. The van der Waals surface area contributed by atoms with Crippen molar-refractivity contribution in [1.82, 2.24) is 31.1 Å². The van der Waals surface area contributed by atoms with Crippen molar-refractivity contribution in [3.8, 4) is 11.5 Å². The van der Waals surface area contributed by atoms with Gasteiger partial charge >= 0.3 is 12.1 Å². The van der Waals surface area contributed by atoms with Crippen molar-refractivity contribution in [1.29, 1.82) is 0 Å². The van der Waals surface area contributed by atoms with Crippen LogP contribution in [0.25, 0.3) is 0 Å². The predicted octanol–water partition coefficient (Wildman–Crippen LogP) is 4.57. The molecule has 11 heteroatoms. The first-order chi connectivity index (χ1) is 26.6. The lowest BCUT2D eigenvalue weighted by molar-refractivity contribution is -0.129. The third-order valence-corrected chi connectivity index (χ3v) is 16.5. The fourth-order valence-electron chi connectivity index (χ4n) is 13.8. The van der Waals surface area contributed by atoms with Gasteiger partial charge in [-0.15, -0.1) is 0 Å². The number of amides is 5. The summed E-state index contributed by atoms with van der Waals surface area (Å²) in [6.07, 6.45) is 15.4. The van der Waals surface area contributed by atoms with E-state index in [1.54, 1.807) is 6.07 Å². The maximum Gasteiger partial charge on any atom is 0.322 e. The maximum absolute atomic E-state index is 12.7. The number of rotatable bonds is 4. The Bertz CT molecular complexity index is 1970. The summed E-state index contributed by atoms with van der Waals surface area (Å²) in [6, 6.07) is 12.6. The molecule has 6 N–H and O–H groups in total. The molecule has 6 aliphatic carbocycles. The quantitative estimate of drug-likeness (QED) is 0.252. The van der Waals surface area contributed by atoms with E-state index in [9.17, 15) is 24.6 Å². The van der Waals surface area contributed by atoms with E-state index in [4.69, 9.17) is 0 Å². The molecule has 4 saturated heterocycles. The zero-order valence-electron chi connectivity index (χ0n) is 31.9. The predicted molar refractivity (Wildman–Crippen MR) is 206 cm³/mol. The van der Waals surface area contributed by atoms with Gasteiger partial charge in [-0.2, -0.15) is 0 Å². The molecular weight excluding hydrogens is 693 g/mol. The van der Waals surface area contributed by atoms with Crippen molar-refractivity contribution in [3.05, 3.63) is 58.7 Å². The van der Waals surface area contributed by atoms with E-state index < -0.39 is 5.54 Å². The first kappa shape index (κ1) is 34.4. The highest BCUT2D eigenvalue weighted by Crippen LogP contribution is 2.60. The normalized spacial score (nSPS) is 39.7. The first-order valence-corrected chi connectivity index (χ1v) is 21.4. The van der Waals surface area contributed by atoms with Crippen molar-refractivity contribution in [2.75, 3.05) is 32.7 Å². The van der Waals surface area contributed by atoms with Gasteiger partial charge in [0.1, 0.15) is 17.0 Å². The average Bonchev–Trinajstić information content (AvgIpc) is 4.10. The maximum atomic E-state index is 12.7. The molecule has 12 rings (SSSR count). The van der Waals surface area contributed by atoms with Gasteiger partial charge in [0.25, 0.3) is 5.91 Å². The van der Waals surface area contributed by atoms with Crippen LogP contribution in [0.1, 0.15) is 99.3 Å². The number of nitrogens with one attached hydrogen (secondary N) is 4. The number of nitrogens with zero attached hydrogens (tertiary/aromatic N) is 2. The van der Waals surface area contributed by atoms with Crippen LogP contribution in [-0.4, -0.2) is 93.9 Å². The van der Waals surface area contributed by atoms with Gasteiger partial charge in [-0.05, 0) is 173 Å². The van der Waals surface area contributed by atoms with E-state index in [2.05, 4.69) is 43.2 Å². The number of hydrogen-bond acceptors (Lipinski definition) is 7. The summed E-state index contributed by atoms with van der Waals surface area (Å²) in [4.78, 5) is 42.1. The Kier molecular flexibility index (Phi) is 7.57. The Balaban J connectivity index is 0.000000128. The van der Waals surface area contributed by atoms with Gasteiger partial charge in [-0.1, -0.05) is 12.1 Å². The molecule has 4 aliphatic heterocycles. The minimum absolute atomic E-state index is 0.0143. The SMILES string of the molecule is O=C1NC(=O)[C@@]2(CC[C@H]3[C@H]4Cc5ccc(O)cc5[C@@]3(CCN4CC3CC3)C2)N1.O=C1NC[C@@]2(CC[C@H]3[C@H]4Cc5ccc(O)cc5[C@@]3(CCN4CC3CC3)C2)N1. The molecule has 5 amide bonds. The van der Waals surface area contributed by atoms with Gasteiger partial charge in [-0.3, -0.25) is 19.9 Å². The fourth-order valence-corrected chi connectivity index (χ4v) is 13.8. The lowest BCUT2D eigenvalue weighted by atomic mass is 9.49. The molecular formula is C44H56N6O5. The summed E-state index contributed by atoms with van der Waals surface area (Å²) >= 11 is 0. The van der Waals surface area contributed by atoms with Crippen LogP contribution in [0.3, 0.4) is 0 Å². The smallest absolute Gasteiger partial charge is 0.322 e. The molecule has 0 aromatic heterocycles. The minimum atomic E-state index is -0.795. The van der Waals surface area contributed by atoms with E-state index >= 15 is 0 Å². The third kappa shape index (κ3) is 5.45. The van der Waals surface area contributed by atoms with Crippen LogP contribution in [0.15, 0.2) is 36.4 Å². The summed E-state index contributed by atoms with van der Waals surface area (Å²) < 4.78 is 0. The molecule has 55 heavy (non-hydrogen) atoms. The molecule has 2 spiro atoms. The standard InChI is InChI=1S/C22H27N3O3.C22H29N3O2/c26-15-4-3-14-9-18-16-5-6-22(19(27)23-20(28)24-22)12-21(16,17(14)10-15)7-8-25(18)11-13-1-2-13;26-16-4-3-15-9-19-17-5-6-21(13-23-20(27)24-21)12-22(17,18(15)10-16)7-8-25(19)11-14-1-2-14/h3-4,10,13,16,18,26H,1-2,5-9,11-12H2,(H2,23,24,27,28);3-4,10,14,17,19,26H,1-2,5-9,11-13H2,(H2,23,24,27)/t16-,18+,21-,22-;17-,19+,21-,22-/m00/s1. The lowest BCUT2D eigenvalue weighted by Gasteiger charge is -2.62. The second-order valence-electron chi connectivity index (χ2n) is 19.6. The molecule has 0 unspecified atom stereocenters. The number of urea groups is 2. The van der Waals surface area contributed by atoms with Crippen LogP contribution in [0.4, 0.5) is 9.59 Å². The van der Waals surface area contributed by atoms with Gasteiger partial charge in [0.15, 0.2) is 0 Å². The Labute approximate surface area is 323 Å². The van der Waals surface area contributed by atoms with E-state index in [0.717, 1.165) is 76.4 Å². The second-order valence-corrected chi connectivity index (χ2v) is 19.6. The minimum Gasteiger partial charge on any atom is -0.508 e. The van der Waals surface area contributed by atoms with Crippen LogP contribution in [0.5, 0.6) is 11.5 Å². The van der Waals surface area contributed by atoms with Crippen LogP contribution < -0.4 is 21.3 Å². The van der Waals surface area contributed by atoms with Crippen LogP contribution >= 0.6 is 0 Å². The van der Waals surface area contributed by atoms with E-state index in [-0.39, 0.29) is 34.3 Å². The molecule has 2 aromatic carbocycles. The number of carbonyl (C=O) groups is 3. The van der Waals surface area contributed by atoms with E-state index in [0.29, 0.717) is 48.3 Å². The highest BCUT2D eigenvalue weighted by molar-refractivity contribution is 6.07. The van der Waals surface area contributed by atoms with Crippen molar-refractivity contribution in [2.24, 2.45) is 23.7 Å². The van der Waals surface area contributed by atoms with Gasteiger partial charge in [0.05, 0.1) is 5.54 Å². The highest BCUT2D eigenvalue weighted by atomic mass is 16.3. The summed E-state index contributed by atoms with van der Waals surface area (Å²) in [6.45, 7) is 5.41. The summed E-state index contributed by atoms with van der Waals surface area (Å²) in [5.41, 5.74) is 4.35. The number of likely N-dealkylation sites (tertiary alicyclic amines) is 2. The van der Waals surface area contributed by atoms with Crippen LogP contribution in [0.2, 0.25) is 0 Å². The zero-order chi connectivity index (χ0) is 37.3. The number of hydrogen-bond donors (Lipinski definition) is 6. The summed E-state index contributed by atoms with van der Waals surface area (Å²) in [5, 5.41) is 32.2. The molecule has 4 saturated carbocycles. The molecule has 2 aromatic rings. The van der Waals surface area contributed by atoms with Gasteiger partial charge in [0, 0.05) is 42.5 Å². The first-order valence-electron chi connectivity index (χ1n) is 21.4. The van der Waals surface area contributed by atoms with Crippen LogP contribution in [0, 0.1) is 23.7 Å². The van der Waals surface area contributed by atoms with Crippen LogP contribution in [-0.2, 0) is 28.5 Å². The van der Waals surface area contributed by atoms with Gasteiger partial charge < -0.3 is 26.2 Å². The molecule has 11 nitrogen and oxygen atoms in total. The number of carbonyl (C=O) groups excluding carboxylic acids is 3.